The van der Waals surface area contributed by atoms with Crippen molar-refractivity contribution in [3.63, 3.8) is 0 Å². The van der Waals surface area contributed by atoms with Crippen molar-refractivity contribution in [3.05, 3.63) is 112 Å². The number of nitrogens with zero attached hydrogens (tertiary/aromatic N) is 4. The molecule has 8 heteroatoms. The fourth-order valence-corrected chi connectivity index (χ4v) is 4.73. The van der Waals surface area contributed by atoms with Crippen LogP contribution in [0.1, 0.15) is 23.0 Å². The van der Waals surface area contributed by atoms with Gasteiger partial charge in [-0.3, -0.25) is 14.6 Å². The van der Waals surface area contributed by atoms with E-state index >= 15 is 0 Å². The predicted molar refractivity (Wildman–Crippen MR) is 142 cm³/mol. The van der Waals surface area contributed by atoms with Crippen LogP contribution in [0.15, 0.2) is 95.2 Å². The number of pyridine rings is 1. The zero-order valence-corrected chi connectivity index (χ0v) is 20.4. The topological polar surface area (TPSA) is 89.8 Å². The van der Waals surface area contributed by atoms with Gasteiger partial charge in [0.25, 0.3) is 11.5 Å². The van der Waals surface area contributed by atoms with E-state index in [1.807, 2.05) is 91.2 Å². The monoisotopic (exact) mass is 493 g/mol. The van der Waals surface area contributed by atoms with Gasteiger partial charge in [0.05, 0.1) is 23.6 Å². The molecule has 0 bridgehead atoms. The van der Waals surface area contributed by atoms with Crippen LogP contribution in [0.3, 0.4) is 0 Å². The molecule has 3 heterocycles. The molecule has 178 valence electrons. The second kappa shape index (κ2) is 10.5. The van der Waals surface area contributed by atoms with Crippen molar-refractivity contribution in [2.45, 2.75) is 20.0 Å². The number of carbonyl (C=O) groups is 1. The molecular weight excluding hydrogens is 470 g/mol. The molecule has 0 aliphatic carbocycles. The summed E-state index contributed by atoms with van der Waals surface area (Å²) >= 11 is 1.46. The normalized spacial score (nSPS) is 10.8. The van der Waals surface area contributed by atoms with Gasteiger partial charge in [0.2, 0.25) is 0 Å². The number of benzene rings is 2. The molecule has 5 aromatic rings. The zero-order chi connectivity index (χ0) is 24.9. The fourth-order valence-electron chi connectivity index (χ4n) is 3.93. The third-order valence-electron chi connectivity index (χ3n) is 5.66. The fraction of sp³-hybridized carbons (Fsp3) is 0.107. The quantitative estimate of drug-likeness (QED) is 0.343. The van der Waals surface area contributed by atoms with E-state index in [2.05, 4.69) is 20.4 Å². The number of hydrogen-bond donors (Lipinski definition) is 1. The van der Waals surface area contributed by atoms with Gasteiger partial charge in [0.1, 0.15) is 10.6 Å². The summed E-state index contributed by atoms with van der Waals surface area (Å²) in [7, 11) is 0. The maximum Gasteiger partial charge on any atom is 0.280 e. The Morgan fingerprint density at radius 2 is 1.64 bits per heavy atom. The zero-order valence-electron chi connectivity index (χ0n) is 19.6. The van der Waals surface area contributed by atoms with Crippen molar-refractivity contribution in [2.24, 2.45) is 0 Å². The smallest absolute Gasteiger partial charge is 0.280 e. The Hall–Kier alpha value is -4.43. The number of rotatable bonds is 7. The van der Waals surface area contributed by atoms with Crippen LogP contribution >= 0.6 is 11.3 Å². The van der Waals surface area contributed by atoms with Crippen LogP contribution in [0.25, 0.3) is 33.1 Å². The van der Waals surface area contributed by atoms with Gasteiger partial charge in [0, 0.05) is 29.2 Å². The molecule has 2 aromatic carbocycles. The molecule has 3 aromatic heterocycles. The lowest BCUT2D eigenvalue weighted by Gasteiger charge is -2.16. The summed E-state index contributed by atoms with van der Waals surface area (Å²) in [6.07, 6.45) is 1.72. The van der Waals surface area contributed by atoms with Gasteiger partial charge in [-0.2, -0.15) is 5.10 Å². The summed E-state index contributed by atoms with van der Waals surface area (Å²) in [6.45, 7) is 2.36. The first kappa shape index (κ1) is 23.3. The minimum Gasteiger partial charge on any atom is -0.346 e. The average Bonchev–Trinajstić information content (AvgIpc) is 3.42. The molecule has 5 rings (SSSR count). The molecule has 7 nitrogen and oxygen atoms in total. The highest BCUT2D eigenvalue weighted by atomic mass is 32.1. The Labute approximate surface area is 212 Å². The number of hydrogen-bond acceptors (Lipinski definition) is 6. The minimum atomic E-state index is -0.465. The number of aryl methyl sites for hydroxylation is 1. The van der Waals surface area contributed by atoms with Crippen molar-refractivity contribution in [1.82, 2.24) is 25.1 Å². The Kier molecular flexibility index (Phi) is 6.77. The van der Waals surface area contributed by atoms with Crippen molar-refractivity contribution >= 4 is 17.2 Å². The Balaban J connectivity index is 1.55. The third-order valence-corrected chi connectivity index (χ3v) is 6.57. The van der Waals surface area contributed by atoms with E-state index < -0.39 is 11.5 Å². The van der Waals surface area contributed by atoms with Gasteiger partial charge >= 0.3 is 0 Å². The van der Waals surface area contributed by atoms with E-state index in [-0.39, 0.29) is 12.1 Å². The molecule has 0 fully saturated rings. The van der Waals surface area contributed by atoms with Gasteiger partial charge in [0.15, 0.2) is 0 Å². The van der Waals surface area contributed by atoms with Gasteiger partial charge in [-0.15, -0.1) is 11.3 Å². The van der Waals surface area contributed by atoms with Crippen LogP contribution in [0.2, 0.25) is 0 Å². The summed E-state index contributed by atoms with van der Waals surface area (Å²) in [5.41, 5.74) is 3.79. The van der Waals surface area contributed by atoms with Crippen molar-refractivity contribution in [3.8, 4) is 33.1 Å². The first-order valence-corrected chi connectivity index (χ1v) is 12.4. The van der Waals surface area contributed by atoms with Crippen LogP contribution in [0.5, 0.6) is 0 Å². The molecule has 1 amide bonds. The SMILES string of the molecule is CCn1nc(-c2ccccc2)c(-c2ccccc2)c(C(=O)NCc2csc(-c3ccccn3)n2)c1=O. The second-order valence-corrected chi connectivity index (χ2v) is 8.85. The predicted octanol–water partition coefficient (Wildman–Crippen LogP) is 5.05. The largest absolute Gasteiger partial charge is 0.346 e. The number of carbonyl (C=O) groups excluding carboxylic acids is 1. The molecule has 0 saturated heterocycles. The lowest BCUT2D eigenvalue weighted by Crippen LogP contribution is -2.35. The maximum atomic E-state index is 13.6. The maximum absolute atomic E-state index is 13.6. The van der Waals surface area contributed by atoms with Gasteiger partial charge < -0.3 is 5.32 Å². The summed E-state index contributed by atoms with van der Waals surface area (Å²) in [5, 5.41) is 10.2. The molecule has 0 radical (unpaired) electrons. The summed E-state index contributed by atoms with van der Waals surface area (Å²) in [4.78, 5) is 35.9. The second-order valence-electron chi connectivity index (χ2n) is 7.99. The molecule has 0 saturated carbocycles. The van der Waals surface area contributed by atoms with Gasteiger partial charge in [-0.25, -0.2) is 9.67 Å². The van der Waals surface area contributed by atoms with E-state index in [0.29, 0.717) is 23.5 Å². The highest BCUT2D eigenvalue weighted by molar-refractivity contribution is 7.13. The van der Waals surface area contributed by atoms with E-state index in [0.717, 1.165) is 21.8 Å². The summed E-state index contributed by atoms with van der Waals surface area (Å²) in [5.74, 6) is -0.465. The standard InChI is InChI=1S/C28H23N5O2S/c1-2-33-28(35)24(26(34)30-17-21-18-36-27(31-21)22-15-9-10-16-29-22)23(19-11-5-3-6-12-19)25(32-33)20-13-7-4-8-14-20/h3-16,18H,2,17H2,1H3,(H,30,34). The van der Waals surface area contributed by atoms with E-state index in [1.165, 1.54) is 16.0 Å². The molecule has 0 aliphatic rings. The van der Waals surface area contributed by atoms with Gasteiger partial charge in [-0.1, -0.05) is 66.7 Å². The van der Waals surface area contributed by atoms with Crippen molar-refractivity contribution < 1.29 is 4.79 Å². The molecule has 36 heavy (non-hydrogen) atoms. The lowest BCUT2D eigenvalue weighted by atomic mass is 9.95. The third kappa shape index (κ3) is 4.71. The average molecular weight is 494 g/mol. The summed E-state index contributed by atoms with van der Waals surface area (Å²) in [6, 6.07) is 24.7. The Bertz CT molecular complexity index is 1550. The molecule has 0 aliphatic heterocycles. The van der Waals surface area contributed by atoms with Crippen molar-refractivity contribution in [1.29, 1.82) is 0 Å². The first-order valence-electron chi connectivity index (χ1n) is 11.6. The molecule has 0 spiro atoms. The minimum absolute atomic E-state index is 0.0667. The first-order chi connectivity index (χ1) is 17.7. The lowest BCUT2D eigenvalue weighted by molar-refractivity contribution is 0.0948. The number of nitrogens with one attached hydrogen (secondary N) is 1. The Morgan fingerprint density at radius 1 is 0.944 bits per heavy atom. The van der Waals surface area contributed by atoms with E-state index in [1.54, 1.807) is 6.20 Å². The van der Waals surface area contributed by atoms with E-state index in [4.69, 9.17) is 0 Å². The number of amides is 1. The van der Waals surface area contributed by atoms with E-state index in [9.17, 15) is 9.59 Å². The highest BCUT2D eigenvalue weighted by Gasteiger charge is 2.25. The van der Waals surface area contributed by atoms with Crippen LogP contribution in [-0.2, 0) is 13.1 Å². The molecule has 0 unspecified atom stereocenters. The Morgan fingerprint density at radius 3 is 2.31 bits per heavy atom. The molecular formula is C28H23N5O2S. The number of aromatic nitrogens is 4. The van der Waals surface area contributed by atoms with Gasteiger partial charge in [-0.05, 0) is 24.6 Å². The van der Waals surface area contributed by atoms with Crippen LogP contribution < -0.4 is 10.9 Å². The molecule has 0 atom stereocenters. The van der Waals surface area contributed by atoms with Crippen LogP contribution in [0, 0.1) is 0 Å². The van der Waals surface area contributed by atoms with Crippen LogP contribution in [0.4, 0.5) is 0 Å². The highest BCUT2D eigenvalue weighted by Crippen LogP contribution is 2.32. The summed E-state index contributed by atoms with van der Waals surface area (Å²) < 4.78 is 1.34. The van der Waals surface area contributed by atoms with Crippen LogP contribution in [-0.4, -0.2) is 25.7 Å². The molecule has 1 N–H and O–H groups in total. The number of thiazole rings is 1. The van der Waals surface area contributed by atoms with Crippen molar-refractivity contribution in [2.75, 3.05) is 0 Å².